The molecule has 0 spiro atoms. The maximum atomic E-state index is 5.15. The first-order chi connectivity index (χ1) is 29.7. The number of aromatic nitrogens is 2. The van der Waals surface area contributed by atoms with Crippen LogP contribution in [0.5, 0.6) is 0 Å². The highest BCUT2D eigenvalue weighted by Gasteiger charge is 2.22. The van der Waals surface area contributed by atoms with Crippen LogP contribution in [0.2, 0.25) is 0 Å². The summed E-state index contributed by atoms with van der Waals surface area (Å²) in [4.78, 5) is 5.15. The molecule has 1 unspecified atom stereocenters. The van der Waals surface area contributed by atoms with Gasteiger partial charge in [-0.05, 0) is 120 Å². The third-order valence-corrected chi connectivity index (χ3v) is 12.2. The highest BCUT2D eigenvalue weighted by atomic mass is 15.1. The zero-order chi connectivity index (χ0) is 40.0. The highest BCUT2D eigenvalue weighted by molar-refractivity contribution is 6.23. The van der Waals surface area contributed by atoms with Gasteiger partial charge in [0.25, 0.3) is 0 Å². The van der Waals surface area contributed by atoms with Gasteiger partial charge in [0.2, 0.25) is 0 Å². The minimum absolute atomic E-state index is 0.540. The van der Waals surface area contributed by atoms with Crippen molar-refractivity contribution in [1.82, 2.24) is 9.55 Å². The van der Waals surface area contributed by atoms with Gasteiger partial charge in [-0.15, -0.1) is 0 Å². The van der Waals surface area contributed by atoms with Crippen molar-refractivity contribution in [1.29, 1.82) is 0 Å². The van der Waals surface area contributed by atoms with Crippen LogP contribution in [0.1, 0.15) is 18.9 Å². The van der Waals surface area contributed by atoms with Gasteiger partial charge in [-0.3, -0.25) is 4.57 Å². The van der Waals surface area contributed by atoms with Crippen LogP contribution in [0.4, 0.5) is 0 Å². The SMILES string of the molecule is CC1C=CC(c2ccccc2-c2c3ccccc3c(-c3ccccc3-c3ccccc3)c3ccc(-c4ccc(-c5nc6ccccc6n5-c5ccccc5)cc4)cc23)=CC1. The molecule has 9 aromatic carbocycles. The second-order valence-corrected chi connectivity index (χ2v) is 15.9. The predicted octanol–water partition coefficient (Wildman–Crippen LogP) is 15.6. The monoisotopic (exact) mass is 766 g/mol. The Bertz CT molecular complexity index is 3280. The molecule has 1 heterocycles. The summed E-state index contributed by atoms with van der Waals surface area (Å²) in [6.45, 7) is 2.29. The molecule has 0 saturated heterocycles. The van der Waals surface area contributed by atoms with E-state index in [2.05, 4.69) is 230 Å². The van der Waals surface area contributed by atoms with Crippen LogP contribution in [0, 0.1) is 5.92 Å². The maximum Gasteiger partial charge on any atom is 0.145 e. The first-order valence-corrected chi connectivity index (χ1v) is 20.9. The molecular formula is C58H42N2. The first kappa shape index (κ1) is 35.6. The summed E-state index contributed by atoms with van der Waals surface area (Å²) in [5, 5.41) is 4.97. The number of allylic oxidation sites excluding steroid dienone is 4. The average molecular weight is 767 g/mol. The lowest BCUT2D eigenvalue weighted by Crippen LogP contribution is -1.98. The number of nitrogens with zero attached hydrogens (tertiary/aromatic N) is 2. The molecule has 1 aliphatic carbocycles. The highest BCUT2D eigenvalue weighted by Crippen LogP contribution is 2.48. The van der Waals surface area contributed by atoms with E-state index in [1.165, 1.54) is 71.6 Å². The molecule has 60 heavy (non-hydrogen) atoms. The van der Waals surface area contributed by atoms with Crippen LogP contribution in [-0.2, 0) is 0 Å². The Morgan fingerprint density at radius 2 is 1.00 bits per heavy atom. The molecule has 0 amide bonds. The lowest BCUT2D eigenvalue weighted by atomic mass is 9.81. The Labute approximate surface area is 351 Å². The van der Waals surface area contributed by atoms with Crippen LogP contribution in [0.3, 0.4) is 0 Å². The molecule has 10 aromatic rings. The fourth-order valence-electron chi connectivity index (χ4n) is 9.26. The molecule has 11 rings (SSSR count). The van der Waals surface area contributed by atoms with Gasteiger partial charge in [0.15, 0.2) is 0 Å². The molecule has 0 aliphatic heterocycles. The van der Waals surface area contributed by atoms with Crippen molar-refractivity contribution in [3.8, 4) is 61.6 Å². The molecule has 284 valence electrons. The van der Waals surface area contributed by atoms with Crippen molar-refractivity contribution >= 4 is 38.2 Å². The molecule has 2 heteroatoms. The molecule has 0 saturated carbocycles. The van der Waals surface area contributed by atoms with Gasteiger partial charge in [0.05, 0.1) is 11.0 Å². The lowest BCUT2D eigenvalue weighted by Gasteiger charge is -2.22. The molecule has 2 nitrogen and oxygen atoms in total. The van der Waals surface area contributed by atoms with E-state index in [0.717, 1.165) is 40.1 Å². The van der Waals surface area contributed by atoms with Gasteiger partial charge in [-0.25, -0.2) is 4.98 Å². The molecule has 1 aliphatic rings. The quantitative estimate of drug-likeness (QED) is 0.148. The van der Waals surface area contributed by atoms with E-state index in [4.69, 9.17) is 4.98 Å². The Hall–Kier alpha value is -7.55. The zero-order valence-corrected chi connectivity index (χ0v) is 33.5. The predicted molar refractivity (Wildman–Crippen MR) is 254 cm³/mol. The van der Waals surface area contributed by atoms with Gasteiger partial charge < -0.3 is 0 Å². The van der Waals surface area contributed by atoms with Gasteiger partial charge in [0, 0.05) is 11.3 Å². The van der Waals surface area contributed by atoms with Gasteiger partial charge in [-0.2, -0.15) is 0 Å². The second-order valence-electron chi connectivity index (χ2n) is 15.9. The molecule has 0 bridgehead atoms. The first-order valence-electron chi connectivity index (χ1n) is 20.9. The number of hydrogen-bond acceptors (Lipinski definition) is 1. The zero-order valence-electron chi connectivity index (χ0n) is 33.5. The average Bonchev–Trinajstić information content (AvgIpc) is 3.71. The van der Waals surface area contributed by atoms with Gasteiger partial charge in [-0.1, -0.05) is 195 Å². The number of rotatable bonds is 7. The molecule has 0 fully saturated rings. The summed E-state index contributed by atoms with van der Waals surface area (Å²) >= 11 is 0. The summed E-state index contributed by atoms with van der Waals surface area (Å²) in [7, 11) is 0. The maximum absolute atomic E-state index is 5.15. The van der Waals surface area contributed by atoms with Gasteiger partial charge >= 0.3 is 0 Å². The van der Waals surface area contributed by atoms with Crippen LogP contribution in [-0.4, -0.2) is 9.55 Å². The summed E-state index contributed by atoms with van der Waals surface area (Å²) in [6.07, 6.45) is 8.12. The lowest BCUT2D eigenvalue weighted by molar-refractivity contribution is 0.739. The largest absolute Gasteiger partial charge is 0.292 e. The van der Waals surface area contributed by atoms with E-state index < -0.39 is 0 Å². The van der Waals surface area contributed by atoms with Crippen LogP contribution in [0.25, 0.3) is 99.7 Å². The van der Waals surface area contributed by atoms with Crippen molar-refractivity contribution in [3.05, 3.63) is 224 Å². The molecule has 1 atom stereocenters. The fourth-order valence-corrected chi connectivity index (χ4v) is 9.26. The van der Waals surface area contributed by atoms with E-state index in [1.807, 2.05) is 0 Å². The molecule has 1 aromatic heterocycles. The van der Waals surface area contributed by atoms with Crippen molar-refractivity contribution < 1.29 is 0 Å². The number of fused-ring (bicyclic) bond motifs is 3. The fraction of sp³-hybridized carbons (Fsp3) is 0.0517. The Balaban J connectivity index is 1.14. The summed E-state index contributed by atoms with van der Waals surface area (Å²) in [5.41, 5.74) is 16.6. The standard InChI is InChI=1S/C58H42N2/c1-39-28-30-42(31-29-39)47-21-9-11-23-49(47)57-51-25-13-12-24-50(51)56(48-22-10-8-20-46(48)41-16-4-2-5-17-41)52-37-36-44(38-53(52)57)40-32-34-43(35-33-40)58-59-54-26-14-15-27-55(54)60(58)45-18-6-3-7-19-45/h2-28,30-39H,29H2,1H3. The van der Waals surface area contributed by atoms with E-state index in [1.54, 1.807) is 0 Å². The van der Waals surface area contributed by atoms with Crippen molar-refractivity contribution in [3.63, 3.8) is 0 Å². The summed E-state index contributed by atoms with van der Waals surface area (Å²) < 4.78 is 2.27. The smallest absolute Gasteiger partial charge is 0.145 e. The number of para-hydroxylation sites is 3. The van der Waals surface area contributed by atoms with Gasteiger partial charge in [0.1, 0.15) is 5.82 Å². The Kier molecular flexibility index (Phi) is 8.90. The normalized spacial score (nSPS) is 13.9. The van der Waals surface area contributed by atoms with Crippen LogP contribution in [0.15, 0.2) is 218 Å². The number of benzene rings is 9. The Morgan fingerprint density at radius 1 is 0.450 bits per heavy atom. The van der Waals surface area contributed by atoms with Crippen LogP contribution >= 0.6 is 0 Å². The number of hydrogen-bond donors (Lipinski definition) is 0. The minimum atomic E-state index is 0.540. The molecule has 0 radical (unpaired) electrons. The third-order valence-electron chi connectivity index (χ3n) is 12.2. The molecular weight excluding hydrogens is 725 g/mol. The van der Waals surface area contributed by atoms with Crippen molar-refractivity contribution in [2.75, 3.05) is 0 Å². The number of imidazole rings is 1. The van der Waals surface area contributed by atoms with Crippen molar-refractivity contribution in [2.24, 2.45) is 5.92 Å². The van der Waals surface area contributed by atoms with Crippen LogP contribution < -0.4 is 0 Å². The second kappa shape index (κ2) is 15.0. The Morgan fingerprint density at radius 3 is 1.72 bits per heavy atom. The summed E-state index contributed by atoms with van der Waals surface area (Å²) in [5.74, 6) is 1.47. The van der Waals surface area contributed by atoms with Crippen molar-refractivity contribution in [2.45, 2.75) is 13.3 Å². The van der Waals surface area contributed by atoms with E-state index in [-0.39, 0.29) is 0 Å². The minimum Gasteiger partial charge on any atom is -0.292 e. The summed E-state index contributed by atoms with van der Waals surface area (Å²) in [6, 6.07) is 72.7. The third kappa shape index (κ3) is 6.17. The van der Waals surface area contributed by atoms with E-state index in [9.17, 15) is 0 Å². The van der Waals surface area contributed by atoms with E-state index in [0.29, 0.717) is 5.92 Å². The topological polar surface area (TPSA) is 17.8 Å². The molecule has 0 N–H and O–H groups in total. The van der Waals surface area contributed by atoms with E-state index >= 15 is 0 Å².